The van der Waals surface area contributed by atoms with E-state index in [1.54, 1.807) is 12.1 Å². The smallest absolute Gasteiger partial charge is 0.406 e. The molecule has 0 aliphatic carbocycles. The number of benzene rings is 1. The van der Waals surface area contributed by atoms with Crippen LogP contribution >= 0.6 is 11.6 Å². The zero-order valence-electron chi connectivity index (χ0n) is 9.50. The summed E-state index contributed by atoms with van der Waals surface area (Å²) in [5.41, 5.74) is 0. The van der Waals surface area contributed by atoms with Gasteiger partial charge < -0.3 is 9.64 Å². The van der Waals surface area contributed by atoms with Gasteiger partial charge in [-0.25, -0.2) is 0 Å². The Balaban J connectivity index is 2.43. The number of amides is 1. The first-order valence-corrected chi connectivity index (χ1v) is 5.35. The van der Waals surface area contributed by atoms with Crippen LogP contribution in [-0.2, 0) is 4.79 Å². The lowest BCUT2D eigenvalue weighted by molar-refractivity contribution is -0.159. The van der Waals surface area contributed by atoms with Crippen LogP contribution in [0.5, 0.6) is 5.75 Å². The first-order chi connectivity index (χ1) is 8.28. The molecule has 1 aromatic carbocycles. The predicted molar refractivity (Wildman–Crippen MR) is 60.6 cm³/mol. The summed E-state index contributed by atoms with van der Waals surface area (Å²) in [5, 5.41) is 0.503. The summed E-state index contributed by atoms with van der Waals surface area (Å²) in [6, 6.07) is 6.17. The van der Waals surface area contributed by atoms with Gasteiger partial charge in [-0.05, 0) is 24.3 Å². The Labute approximate surface area is 107 Å². The highest BCUT2D eigenvalue weighted by molar-refractivity contribution is 6.30. The van der Waals surface area contributed by atoms with Gasteiger partial charge >= 0.3 is 6.18 Å². The number of alkyl halides is 3. The molecule has 18 heavy (non-hydrogen) atoms. The first-order valence-electron chi connectivity index (χ1n) is 4.97. The van der Waals surface area contributed by atoms with Crippen molar-refractivity contribution in [1.29, 1.82) is 0 Å². The Kier molecular flexibility index (Phi) is 4.84. The topological polar surface area (TPSA) is 29.5 Å². The molecule has 0 aromatic heterocycles. The third kappa shape index (κ3) is 5.27. The van der Waals surface area contributed by atoms with E-state index in [2.05, 4.69) is 0 Å². The van der Waals surface area contributed by atoms with Gasteiger partial charge in [0.1, 0.15) is 12.3 Å². The molecule has 0 aliphatic heterocycles. The van der Waals surface area contributed by atoms with Crippen molar-refractivity contribution in [3.05, 3.63) is 29.3 Å². The Morgan fingerprint density at radius 1 is 1.33 bits per heavy atom. The number of nitrogens with zero attached hydrogens (tertiary/aromatic N) is 1. The molecule has 0 atom stereocenters. The van der Waals surface area contributed by atoms with E-state index in [9.17, 15) is 18.0 Å². The standard InChI is InChI=1S/C11H11ClF3NO2/c1-16(7-11(13,14)15)10(17)6-18-9-4-2-8(12)3-5-9/h2-5H,6-7H2,1H3. The molecule has 0 aliphatic rings. The molecule has 1 aromatic rings. The molecule has 0 N–H and O–H groups in total. The molecule has 0 fully saturated rings. The van der Waals surface area contributed by atoms with Crippen molar-refractivity contribution in [2.24, 2.45) is 0 Å². The molecule has 0 saturated heterocycles. The maximum atomic E-state index is 12.0. The summed E-state index contributed by atoms with van der Waals surface area (Å²) in [5.74, 6) is -0.379. The molecule has 7 heteroatoms. The summed E-state index contributed by atoms with van der Waals surface area (Å²) in [6.45, 7) is -1.75. The number of hydrogen-bond donors (Lipinski definition) is 0. The van der Waals surface area contributed by atoms with Gasteiger partial charge in [0.2, 0.25) is 0 Å². The lowest BCUT2D eigenvalue weighted by Crippen LogP contribution is -2.38. The maximum absolute atomic E-state index is 12.0. The van der Waals surface area contributed by atoms with Crippen molar-refractivity contribution in [3.8, 4) is 5.75 Å². The molecule has 1 rings (SSSR count). The average Bonchev–Trinajstić information content (AvgIpc) is 2.25. The molecule has 3 nitrogen and oxygen atoms in total. The zero-order valence-corrected chi connectivity index (χ0v) is 10.3. The lowest BCUT2D eigenvalue weighted by Gasteiger charge is -2.18. The minimum atomic E-state index is -4.41. The van der Waals surface area contributed by atoms with Gasteiger partial charge in [-0.2, -0.15) is 13.2 Å². The molecule has 0 spiro atoms. The Bertz CT molecular complexity index is 406. The van der Waals surface area contributed by atoms with E-state index in [1.807, 2.05) is 0 Å². The van der Waals surface area contributed by atoms with Gasteiger partial charge in [-0.3, -0.25) is 4.79 Å². The van der Waals surface area contributed by atoms with Gasteiger partial charge in [-0.15, -0.1) is 0 Å². The van der Waals surface area contributed by atoms with Crippen LogP contribution < -0.4 is 4.74 Å². The summed E-state index contributed by atoms with van der Waals surface area (Å²) >= 11 is 5.64. The predicted octanol–water partition coefficient (Wildman–Crippen LogP) is 2.74. The largest absolute Gasteiger partial charge is 0.484 e. The highest BCUT2D eigenvalue weighted by Gasteiger charge is 2.31. The number of likely N-dealkylation sites (N-methyl/N-ethyl adjacent to an activating group) is 1. The van der Waals surface area contributed by atoms with Crippen LogP contribution in [-0.4, -0.2) is 37.2 Å². The van der Waals surface area contributed by atoms with Crippen molar-refractivity contribution in [2.75, 3.05) is 20.2 Å². The minimum absolute atomic E-state index is 0.369. The summed E-state index contributed by atoms with van der Waals surface area (Å²) in [7, 11) is 1.07. The van der Waals surface area contributed by atoms with Crippen molar-refractivity contribution in [1.82, 2.24) is 4.90 Å². The van der Waals surface area contributed by atoms with Crippen LogP contribution in [0.4, 0.5) is 13.2 Å². The second-order valence-electron chi connectivity index (χ2n) is 3.61. The number of halogens is 4. The van der Waals surface area contributed by atoms with E-state index in [1.165, 1.54) is 12.1 Å². The summed E-state index contributed by atoms with van der Waals surface area (Å²) < 4.78 is 41.1. The van der Waals surface area contributed by atoms with Gasteiger partial charge in [-0.1, -0.05) is 11.6 Å². The molecule has 0 unspecified atom stereocenters. The number of hydrogen-bond acceptors (Lipinski definition) is 2. The van der Waals surface area contributed by atoms with E-state index in [0.29, 0.717) is 15.7 Å². The third-order valence-corrected chi connectivity index (χ3v) is 2.27. The Morgan fingerprint density at radius 3 is 2.39 bits per heavy atom. The average molecular weight is 282 g/mol. The zero-order chi connectivity index (χ0) is 13.8. The highest BCUT2D eigenvalue weighted by Crippen LogP contribution is 2.17. The molecule has 0 bridgehead atoms. The van der Waals surface area contributed by atoms with Gasteiger partial charge in [0.15, 0.2) is 6.61 Å². The molecule has 0 radical (unpaired) electrons. The van der Waals surface area contributed by atoms with Gasteiger partial charge in [0, 0.05) is 12.1 Å². The fourth-order valence-electron chi connectivity index (χ4n) is 1.14. The highest BCUT2D eigenvalue weighted by atomic mass is 35.5. The number of carbonyl (C=O) groups excluding carboxylic acids is 1. The second kappa shape index (κ2) is 5.95. The summed E-state index contributed by atoms with van der Waals surface area (Å²) in [6.07, 6.45) is -4.41. The molecule has 0 saturated carbocycles. The quantitative estimate of drug-likeness (QED) is 0.849. The Morgan fingerprint density at radius 2 is 1.89 bits per heavy atom. The van der Waals surface area contributed by atoms with Crippen molar-refractivity contribution in [3.63, 3.8) is 0 Å². The maximum Gasteiger partial charge on any atom is 0.406 e. The van der Waals surface area contributed by atoms with Gasteiger partial charge in [0.05, 0.1) is 0 Å². The van der Waals surface area contributed by atoms with Crippen LogP contribution in [0.1, 0.15) is 0 Å². The summed E-state index contributed by atoms with van der Waals surface area (Å²) in [4.78, 5) is 11.9. The van der Waals surface area contributed by atoms with Gasteiger partial charge in [0.25, 0.3) is 5.91 Å². The van der Waals surface area contributed by atoms with E-state index in [0.717, 1.165) is 7.05 Å². The normalized spacial score (nSPS) is 11.2. The molecular weight excluding hydrogens is 271 g/mol. The van der Waals surface area contributed by atoms with Crippen LogP contribution in [0.3, 0.4) is 0 Å². The minimum Gasteiger partial charge on any atom is -0.484 e. The number of rotatable bonds is 4. The van der Waals surface area contributed by atoms with Crippen LogP contribution in [0, 0.1) is 0 Å². The molecular formula is C11H11ClF3NO2. The van der Waals surface area contributed by atoms with E-state index >= 15 is 0 Å². The van der Waals surface area contributed by atoms with Crippen molar-refractivity contribution >= 4 is 17.5 Å². The Hall–Kier alpha value is -1.43. The number of carbonyl (C=O) groups is 1. The lowest BCUT2D eigenvalue weighted by atomic mass is 10.3. The third-order valence-electron chi connectivity index (χ3n) is 2.02. The fraction of sp³-hybridized carbons (Fsp3) is 0.364. The molecule has 1 amide bonds. The van der Waals surface area contributed by atoms with E-state index in [4.69, 9.17) is 16.3 Å². The van der Waals surface area contributed by atoms with Crippen LogP contribution in [0.25, 0.3) is 0 Å². The monoisotopic (exact) mass is 281 g/mol. The van der Waals surface area contributed by atoms with Crippen LogP contribution in [0.2, 0.25) is 5.02 Å². The SMILES string of the molecule is CN(CC(F)(F)F)C(=O)COc1ccc(Cl)cc1. The fourth-order valence-corrected chi connectivity index (χ4v) is 1.27. The second-order valence-corrected chi connectivity index (χ2v) is 4.04. The van der Waals surface area contributed by atoms with E-state index in [-0.39, 0.29) is 0 Å². The molecule has 100 valence electrons. The van der Waals surface area contributed by atoms with E-state index < -0.39 is 25.2 Å². The number of ether oxygens (including phenoxy) is 1. The first kappa shape index (κ1) is 14.6. The van der Waals surface area contributed by atoms with Crippen molar-refractivity contribution in [2.45, 2.75) is 6.18 Å². The van der Waals surface area contributed by atoms with Crippen LogP contribution in [0.15, 0.2) is 24.3 Å². The van der Waals surface area contributed by atoms with Crippen molar-refractivity contribution < 1.29 is 22.7 Å². The molecule has 0 heterocycles.